The van der Waals surface area contributed by atoms with Gasteiger partial charge >= 0.3 is 0 Å². The van der Waals surface area contributed by atoms with Gasteiger partial charge in [-0.1, -0.05) is 40.9 Å². The van der Waals surface area contributed by atoms with E-state index in [1.54, 1.807) is 24.4 Å². The summed E-state index contributed by atoms with van der Waals surface area (Å²) in [5.74, 6) is 0. The molecular formula is C13H7Cl3N2. The first-order valence-corrected chi connectivity index (χ1v) is 6.22. The maximum Gasteiger partial charge on any atom is 0.0732 e. The molecule has 0 unspecified atom stereocenters. The van der Waals surface area contributed by atoms with Gasteiger partial charge in [-0.05, 0) is 23.8 Å². The standard InChI is InChI=1S/C13H7Cl3N2/c14-9-5-10(15)13(11(16)6-9)12-2-1-8(3-4-17)7-18-12/h1-2,5-7H,3H2. The number of benzene rings is 1. The summed E-state index contributed by atoms with van der Waals surface area (Å²) < 4.78 is 0. The predicted octanol–water partition coefficient (Wildman–Crippen LogP) is 4.77. The van der Waals surface area contributed by atoms with Crippen molar-refractivity contribution in [2.75, 3.05) is 0 Å². The molecule has 1 heterocycles. The Bertz CT molecular complexity index is 592. The summed E-state index contributed by atoms with van der Waals surface area (Å²) in [5.41, 5.74) is 2.15. The number of aromatic nitrogens is 1. The first-order valence-electron chi connectivity index (χ1n) is 5.08. The van der Waals surface area contributed by atoms with Crippen LogP contribution in [-0.4, -0.2) is 4.98 Å². The molecule has 0 saturated heterocycles. The summed E-state index contributed by atoms with van der Waals surface area (Å²) in [5, 5.41) is 9.98. The van der Waals surface area contributed by atoms with E-state index in [1.165, 1.54) is 0 Å². The Labute approximate surface area is 120 Å². The Kier molecular flexibility index (Phi) is 4.08. The third-order valence-corrected chi connectivity index (χ3v) is 3.19. The van der Waals surface area contributed by atoms with Crippen molar-refractivity contribution in [2.24, 2.45) is 0 Å². The SMILES string of the molecule is N#CCc1ccc(-c2c(Cl)cc(Cl)cc2Cl)nc1. The molecule has 0 aliphatic carbocycles. The Balaban J connectivity index is 2.46. The normalized spacial score (nSPS) is 10.1. The van der Waals surface area contributed by atoms with Gasteiger partial charge in [-0.3, -0.25) is 4.98 Å². The van der Waals surface area contributed by atoms with Crippen LogP contribution in [0.25, 0.3) is 11.3 Å². The smallest absolute Gasteiger partial charge is 0.0732 e. The Morgan fingerprint density at radius 1 is 1.11 bits per heavy atom. The zero-order valence-corrected chi connectivity index (χ0v) is 11.4. The van der Waals surface area contributed by atoms with E-state index in [4.69, 9.17) is 40.1 Å². The second-order valence-electron chi connectivity index (χ2n) is 3.63. The average Bonchev–Trinajstić information content (AvgIpc) is 2.30. The van der Waals surface area contributed by atoms with E-state index >= 15 is 0 Å². The molecule has 0 saturated carbocycles. The van der Waals surface area contributed by atoms with Crippen LogP contribution < -0.4 is 0 Å². The van der Waals surface area contributed by atoms with Gasteiger partial charge in [-0.2, -0.15) is 5.26 Å². The summed E-state index contributed by atoms with van der Waals surface area (Å²) in [6, 6.07) is 8.92. The Morgan fingerprint density at radius 3 is 2.28 bits per heavy atom. The lowest BCUT2D eigenvalue weighted by molar-refractivity contribution is 1.19. The Morgan fingerprint density at radius 2 is 1.78 bits per heavy atom. The zero-order chi connectivity index (χ0) is 13.1. The van der Waals surface area contributed by atoms with Crippen LogP contribution >= 0.6 is 34.8 Å². The molecule has 0 aliphatic heterocycles. The highest BCUT2D eigenvalue weighted by Crippen LogP contribution is 2.36. The van der Waals surface area contributed by atoms with Crippen LogP contribution in [0.2, 0.25) is 15.1 Å². The molecule has 5 heteroatoms. The topological polar surface area (TPSA) is 36.7 Å². The lowest BCUT2D eigenvalue weighted by Crippen LogP contribution is -1.89. The van der Waals surface area contributed by atoms with Crippen molar-refractivity contribution >= 4 is 34.8 Å². The number of hydrogen-bond donors (Lipinski definition) is 0. The molecule has 90 valence electrons. The summed E-state index contributed by atoms with van der Waals surface area (Å²) in [6.07, 6.45) is 1.97. The summed E-state index contributed by atoms with van der Waals surface area (Å²) in [4.78, 5) is 4.26. The largest absolute Gasteiger partial charge is 0.256 e. The van der Waals surface area contributed by atoms with Gasteiger partial charge in [-0.25, -0.2) is 0 Å². The minimum Gasteiger partial charge on any atom is -0.256 e. The lowest BCUT2D eigenvalue weighted by atomic mass is 10.1. The molecule has 2 nitrogen and oxygen atoms in total. The fraction of sp³-hybridized carbons (Fsp3) is 0.0769. The molecule has 0 fully saturated rings. The maximum absolute atomic E-state index is 8.59. The monoisotopic (exact) mass is 296 g/mol. The van der Waals surface area contributed by atoms with Crippen LogP contribution in [0.15, 0.2) is 30.5 Å². The molecule has 0 atom stereocenters. The van der Waals surface area contributed by atoms with Crippen molar-refractivity contribution in [2.45, 2.75) is 6.42 Å². The molecule has 0 N–H and O–H groups in total. The Hall–Kier alpha value is -1.27. The molecule has 0 spiro atoms. The molecule has 1 aromatic carbocycles. The first-order chi connectivity index (χ1) is 8.61. The van der Waals surface area contributed by atoms with Gasteiger partial charge in [0.05, 0.1) is 28.2 Å². The summed E-state index contributed by atoms with van der Waals surface area (Å²) >= 11 is 18.1. The van der Waals surface area contributed by atoms with Gasteiger partial charge in [0, 0.05) is 16.8 Å². The van der Waals surface area contributed by atoms with Gasteiger partial charge in [0.1, 0.15) is 0 Å². The lowest BCUT2D eigenvalue weighted by Gasteiger charge is -2.07. The van der Waals surface area contributed by atoms with E-state index in [0.717, 1.165) is 5.56 Å². The number of pyridine rings is 1. The molecule has 2 rings (SSSR count). The van der Waals surface area contributed by atoms with Gasteiger partial charge in [0.15, 0.2) is 0 Å². The van der Waals surface area contributed by atoms with E-state index in [2.05, 4.69) is 11.1 Å². The van der Waals surface area contributed by atoms with Crippen LogP contribution in [0.5, 0.6) is 0 Å². The molecular weight excluding hydrogens is 291 g/mol. The maximum atomic E-state index is 8.59. The third kappa shape index (κ3) is 2.76. The average molecular weight is 298 g/mol. The van der Waals surface area contributed by atoms with Crippen molar-refractivity contribution in [3.63, 3.8) is 0 Å². The molecule has 1 aromatic heterocycles. The summed E-state index contributed by atoms with van der Waals surface area (Å²) in [6.45, 7) is 0. The van der Waals surface area contributed by atoms with Gasteiger partial charge in [0.2, 0.25) is 0 Å². The van der Waals surface area contributed by atoms with E-state index in [-0.39, 0.29) is 0 Å². The fourth-order valence-electron chi connectivity index (χ4n) is 1.56. The highest BCUT2D eigenvalue weighted by Gasteiger charge is 2.11. The molecule has 0 radical (unpaired) electrons. The number of rotatable bonds is 2. The van der Waals surface area contributed by atoms with Crippen molar-refractivity contribution in [3.05, 3.63) is 51.1 Å². The van der Waals surface area contributed by atoms with Crippen LogP contribution in [0.1, 0.15) is 5.56 Å². The number of nitrogens with zero attached hydrogens (tertiary/aromatic N) is 2. The molecule has 0 amide bonds. The van der Waals surface area contributed by atoms with Gasteiger partial charge in [0.25, 0.3) is 0 Å². The van der Waals surface area contributed by atoms with Crippen LogP contribution in [0.4, 0.5) is 0 Å². The zero-order valence-electron chi connectivity index (χ0n) is 9.12. The quantitative estimate of drug-likeness (QED) is 0.800. The third-order valence-electron chi connectivity index (χ3n) is 2.37. The minimum absolute atomic E-state index is 0.329. The van der Waals surface area contributed by atoms with Crippen LogP contribution in [0, 0.1) is 11.3 Å². The predicted molar refractivity (Wildman–Crippen MR) is 74.0 cm³/mol. The van der Waals surface area contributed by atoms with Crippen molar-refractivity contribution in [3.8, 4) is 17.3 Å². The van der Waals surface area contributed by atoms with E-state index in [1.807, 2.05) is 6.07 Å². The van der Waals surface area contributed by atoms with E-state index in [9.17, 15) is 0 Å². The van der Waals surface area contributed by atoms with Gasteiger partial charge in [-0.15, -0.1) is 0 Å². The fourth-order valence-corrected chi connectivity index (χ4v) is 2.57. The van der Waals surface area contributed by atoms with E-state index < -0.39 is 0 Å². The van der Waals surface area contributed by atoms with Gasteiger partial charge < -0.3 is 0 Å². The van der Waals surface area contributed by atoms with Crippen LogP contribution in [0.3, 0.4) is 0 Å². The number of halogens is 3. The van der Waals surface area contributed by atoms with Crippen molar-refractivity contribution < 1.29 is 0 Å². The molecule has 2 aromatic rings. The second kappa shape index (κ2) is 5.58. The molecule has 0 aliphatic rings. The molecule has 18 heavy (non-hydrogen) atoms. The highest BCUT2D eigenvalue weighted by molar-refractivity contribution is 6.41. The first kappa shape index (κ1) is 13.2. The second-order valence-corrected chi connectivity index (χ2v) is 4.88. The minimum atomic E-state index is 0.329. The highest BCUT2D eigenvalue weighted by atomic mass is 35.5. The van der Waals surface area contributed by atoms with Crippen LogP contribution in [-0.2, 0) is 6.42 Å². The number of nitriles is 1. The summed E-state index contributed by atoms with van der Waals surface area (Å²) in [7, 11) is 0. The van der Waals surface area contributed by atoms with Crippen molar-refractivity contribution in [1.29, 1.82) is 5.26 Å². The van der Waals surface area contributed by atoms with E-state index in [0.29, 0.717) is 32.7 Å². The number of hydrogen-bond acceptors (Lipinski definition) is 2. The van der Waals surface area contributed by atoms with Crippen molar-refractivity contribution in [1.82, 2.24) is 4.98 Å². The molecule has 0 bridgehead atoms.